The van der Waals surface area contributed by atoms with E-state index in [1.807, 2.05) is 13.8 Å². The van der Waals surface area contributed by atoms with Gasteiger partial charge in [0.05, 0.1) is 0 Å². The first-order valence-electron chi connectivity index (χ1n) is 5.58. The second-order valence-corrected chi connectivity index (χ2v) is 5.07. The highest BCUT2D eigenvalue weighted by Gasteiger charge is 2.31. The number of nitrogens with two attached hydrogens (primary N) is 1. The first kappa shape index (κ1) is 16.2. The number of nitrogens with zero attached hydrogens (tertiary/aromatic N) is 1. The Kier molecular flexibility index (Phi) is 5.95. The maximum Gasteiger partial charge on any atom is 0.406 e. The Hall–Kier alpha value is -0.780. The predicted octanol–water partition coefficient (Wildman–Crippen LogP) is 2.16. The summed E-state index contributed by atoms with van der Waals surface area (Å²) in [6.07, 6.45) is -2.91. The van der Waals surface area contributed by atoms with Gasteiger partial charge < -0.3 is 10.6 Å². The van der Waals surface area contributed by atoms with E-state index < -0.39 is 18.6 Å². The number of hydrogen-bond acceptors (Lipinski definition) is 2. The molecule has 0 saturated heterocycles. The van der Waals surface area contributed by atoms with Crippen molar-refractivity contribution in [2.24, 2.45) is 11.1 Å². The summed E-state index contributed by atoms with van der Waals surface area (Å²) < 4.78 is 36.2. The lowest BCUT2D eigenvalue weighted by Crippen LogP contribution is -2.36. The topological polar surface area (TPSA) is 46.3 Å². The zero-order chi connectivity index (χ0) is 13.7. The van der Waals surface area contributed by atoms with Gasteiger partial charge in [0.1, 0.15) is 6.54 Å². The zero-order valence-electron chi connectivity index (χ0n) is 10.6. The van der Waals surface area contributed by atoms with Gasteiger partial charge in [-0.3, -0.25) is 4.79 Å². The average Bonchev–Trinajstić information content (AvgIpc) is 2.11. The third kappa shape index (κ3) is 8.01. The molecule has 1 amide bonds. The Morgan fingerprint density at radius 2 is 1.76 bits per heavy atom. The maximum atomic E-state index is 12.1. The minimum atomic E-state index is -4.34. The van der Waals surface area contributed by atoms with Crippen molar-refractivity contribution in [2.45, 2.75) is 39.3 Å². The van der Waals surface area contributed by atoms with Gasteiger partial charge in [-0.15, -0.1) is 0 Å². The Bertz CT molecular complexity index is 252. The van der Waals surface area contributed by atoms with Crippen molar-refractivity contribution >= 4 is 5.91 Å². The summed E-state index contributed by atoms with van der Waals surface area (Å²) in [4.78, 5) is 12.2. The molecule has 0 radical (unpaired) electrons. The minimum Gasteiger partial charge on any atom is -0.337 e. The molecule has 0 aromatic carbocycles. The molecule has 0 aliphatic heterocycles. The maximum absolute atomic E-state index is 12.1. The van der Waals surface area contributed by atoms with Crippen LogP contribution < -0.4 is 5.73 Å². The molecule has 0 aliphatic carbocycles. The van der Waals surface area contributed by atoms with Gasteiger partial charge in [-0.2, -0.15) is 13.2 Å². The summed E-state index contributed by atoms with van der Waals surface area (Å²) in [5, 5.41) is 0. The number of alkyl halides is 3. The van der Waals surface area contributed by atoms with Crippen molar-refractivity contribution < 1.29 is 18.0 Å². The SMILES string of the molecule is CN(CC(F)(F)F)C(=O)CCC(C)(C)CCN. The van der Waals surface area contributed by atoms with Crippen molar-refractivity contribution in [1.29, 1.82) is 0 Å². The second-order valence-electron chi connectivity index (χ2n) is 5.07. The number of hydrogen-bond donors (Lipinski definition) is 1. The highest BCUT2D eigenvalue weighted by molar-refractivity contribution is 5.75. The number of halogens is 3. The van der Waals surface area contributed by atoms with Crippen LogP contribution in [0.2, 0.25) is 0 Å². The van der Waals surface area contributed by atoms with Crippen LogP contribution in [-0.2, 0) is 4.79 Å². The monoisotopic (exact) mass is 254 g/mol. The normalized spacial score (nSPS) is 12.6. The van der Waals surface area contributed by atoms with E-state index >= 15 is 0 Å². The molecule has 17 heavy (non-hydrogen) atoms. The summed E-state index contributed by atoms with van der Waals surface area (Å²) >= 11 is 0. The van der Waals surface area contributed by atoms with Gasteiger partial charge in [0.25, 0.3) is 0 Å². The molecule has 0 spiro atoms. The summed E-state index contributed by atoms with van der Waals surface area (Å²) in [5.74, 6) is -0.479. The number of carbonyl (C=O) groups is 1. The molecule has 0 aromatic heterocycles. The summed E-state index contributed by atoms with van der Waals surface area (Å²) in [7, 11) is 1.17. The van der Waals surface area contributed by atoms with E-state index in [-0.39, 0.29) is 11.8 Å². The van der Waals surface area contributed by atoms with Crippen LogP contribution in [-0.4, -0.2) is 37.1 Å². The van der Waals surface area contributed by atoms with Crippen LogP contribution in [0.3, 0.4) is 0 Å². The Morgan fingerprint density at radius 3 is 2.18 bits per heavy atom. The van der Waals surface area contributed by atoms with Gasteiger partial charge >= 0.3 is 6.18 Å². The predicted molar refractivity (Wildman–Crippen MR) is 60.4 cm³/mol. The molecule has 0 unspecified atom stereocenters. The van der Waals surface area contributed by atoms with Crippen molar-refractivity contribution in [3.8, 4) is 0 Å². The Labute approximate surface area is 100 Å². The lowest BCUT2D eigenvalue weighted by Gasteiger charge is -2.25. The third-order valence-corrected chi connectivity index (χ3v) is 2.68. The van der Waals surface area contributed by atoms with Gasteiger partial charge in [0.15, 0.2) is 0 Å². The lowest BCUT2D eigenvalue weighted by molar-refractivity contribution is -0.158. The van der Waals surface area contributed by atoms with Crippen LogP contribution in [0.1, 0.15) is 33.1 Å². The van der Waals surface area contributed by atoms with Crippen LogP contribution in [0.15, 0.2) is 0 Å². The third-order valence-electron chi connectivity index (χ3n) is 2.68. The molecule has 102 valence electrons. The molecule has 0 aliphatic rings. The van der Waals surface area contributed by atoms with Crippen molar-refractivity contribution in [2.75, 3.05) is 20.1 Å². The molecule has 0 aromatic rings. The highest BCUT2D eigenvalue weighted by Crippen LogP contribution is 2.26. The fourth-order valence-corrected chi connectivity index (χ4v) is 1.51. The molecule has 6 heteroatoms. The molecule has 0 bridgehead atoms. The fourth-order valence-electron chi connectivity index (χ4n) is 1.51. The smallest absolute Gasteiger partial charge is 0.337 e. The van der Waals surface area contributed by atoms with Crippen molar-refractivity contribution in [1.82, 2.24) is 4.90 Å². The van der Waals surface area contributed by atoms with Crippen molar-refractivity contribution in [3.63, 3.8) is 0 Å². The molecule has 3 nitrogen and oxygen atoms in total. The van der Waals surface area contributed by atoms with Gasteiger partial charge in [-0.25, -0.2) is 0 Å². The largest absolute Gasteiger partial charge is 0.406 e. The average molecular weight is 254 g/mol. The second kappa shape index (κ2) is 6.23. The van der Waals surface area contributed by atoms with Crippen LogP contribution in [0.25, 0.3) is 0 Å². The van der Waals surface area contributed by atoms with E-state index in [1.165, 1.54) is 7.05 Å². The Balaban J connectivity index is 4.10. The van der Waals surface area contributed by atoms with Crippen LogP contribution in [0, 0.1) is 5.41 Å². The zero-order valence-corrected chi connectivity index (χ0v) is 10.6. The standard InChI is InChI=1S/C11H21F3N2O/c1-10(2,6-7-15)5-4-9(17)16(3)8-11(12,13)14/h4-8,15H2,1-3H3. The summed E-state index contributed by atoms with van der Waals surface area (Å²) in [5.41, 5.74) is 5.31. The van der Waals surface area contributed by atoms with E-state index in [2.05, 4.69) is 0 Å². The van der Waals surface area contributed by atoms with Crippen LogP contribution in [0.4, 0.5) is 13.2 Å². The van der Waals surface area contributed by atoms with E-state index in [0.29, 0.717) is 13.0 Å². The van der Waals surface area contributed by atoms with Crippen LogP contribution >= 0.6 is 0 Å². The molecular formula is C11H21F3N2O. The molecular weight excluding hydrogens is 233 g/mol. The van der Waals surface area contributed by atoms with Crippen LogP contribution in [0.5, 0.6) is 0 Å². The van der Waals surface area contributed by atoms with E-state index in [9.17, 15) is 18.0 Å². The molecule has 0 atom stereocenters. The van der Waals surface area contributed by atoms with Gasteiger partial charge in [0, 0.05) is 13.5 Å². The van der Waals surface area contributed by atoms with E-state index in [4.69, 9.17) is 5.73 Å². The molecule has 0 fully saturated rings. The quantitative estimate of drug-likeness (QED) is 0.789. The number of amides is 1. The number of rotatable bonds is 6. The van der Waals surface area contributed by atoms with E-state index in [1.54, 1.807) is 0 Å². The Morgan fingerprint density at radius 1 is 1.24 bits per heavy atom. The van der Waals surface area contributed by atoms with E-state index in [0.717, 1.165) is 11.3 Å². The van der Waals surface area contributed by atoms with Crippen molar-refractivity contribution in [3.05, 3.63) is 0 Å². The fraction of sp³-hybridized carbons (Fsp3) is 0.909. The molecule has 0 heterocycles. The molecule has 2 N–H and O–H groups in total. The first-order chi connectivity index (χ1) is 7.57. The first-order valence-corrected chi connectivity index (χ1v) is 5.58. The molecule has 0 saturated carbocycles. The van der Waals surface area contributed by atoms with Gasteiger partial charge in [0.2, 0.25) is 5.91 Å². The van der Waals surface area contributed by atoms with Gasteiger partial charge in [-0.1, -0.05) is 13.8 Å². The summed E-state index contributed by atoms with van der Waals surface area (Å²) in [6, 6.07) is 0. The minimum absolute atomic E-state index is 0.108. The van der Waals surface area contributed by atoms with Gasteiger partial charge in [-0.05, 0) is 24.8 Å². The molecule has 0 rings (SSSR count). The summed E-state index contributed by atoms with van der Waals surface area (Å²) in [6.45, 7) is 3.23. The lowest BCUT2D eigenvalue weighted by atomic mass is 9.84. The highest BCUT2D eigenvalue weighted by atomic mass is 19.4. The number of carbonyl (C=O) groups excluding carboxylic acids is 1.